The maximum absolute atomic E-state index is 13.5. The Balaban J connectivity index is 1.22. The lowest BCUT2D eigenvalue weighted by molar-refractivity contribution is 0.132. The van der Waals surface area contributed by atoms with Gasteiger partial charge in [-0.1, -0.05) is 18.2 Å². The normalized spacial score (nSPS) is 24.6. The predicted molar refractivity (Wildman–Crippen MR) is 107 cm³/mol. The van der Waals surface area contributed by atoms with E-state index in [9.17, 15) is 9.50 Å². The van der Waals surface area contributed by atoms with Crippen molar-refractivity contribution < 1.29 is 14.2 Å². The van der Waals surface area contributed by atoms with Crippen LogP contribution in [0.25, 0.3) is 0 Å². The number of hydrogen-bond donors (Lipinski definition) is 2. The van der Waals surface area contributed by atoms with Crippen LogP contribution in [0.4, 0.5) is 10.1 Å². The van der Waals surface area contributed by atoms with Crippen LogP contribution >= 0.6 is 0 Å². The van der Waals surface area contributed by atoms with Crippen LogP contribution in [0, 0.1) is 5.82 Å². The van der Waals surface area contributed by atoms with Crippen LogP contribution in [0.15, 0.2) is 36.4 Å². The van der Waals surface area contributed by atoms with Crippen molar-refractivity contribution in [2.75, 3.05) is 24.6 Å². The molecule has 2 aromatic carbocycles. The van der Waals surface area contributed by atoms with Gasteiger partial charge < -0.3 is 20.1 Å². The Bertz CT molecular complexity index is 864. The molecule has 3 aliphatic rings. The average molecular weight is 382 g/mol. The van der Waals surface area contributed by atoms with Gasteiger partial charge in [-0.05, 0) is 67.0 Å². The molecule has 2 atom stereocenters. The SMILES string of the molecule is OC1c2ccc(F)cc2CC1NC1CCN(c2cccc3c2OCCC3)CC1. The molecule has 1 aliphatic carbocycles. The van der Waals surface area contributed by atoms with Gasteiger partial charge in [-0.25, -0.2) is 4.39 Å². The first kappa shape index (κ1) is 18.0. The third kappa shape index (κ3) is 3.27. The van der Waals surface area contributed by atoms with E-state index in [4.69, 9.17) is 4.74 Å². The molecule has 4 nitrogen and oxygen atoms in total. The molecule has 28 heavy (non-hydrogen) atoms. The molecular formula is C23H27FN2O2. The van der Waals surface area contributed by atoms with Crippen molar-refractivity contribution in [3.05, 3.63) is 58.9 Å². The Hall–Kier alpha value is -2.11. The molecule has 2 aliphatic heterocycles. The first-order valence-electron chi connectivity index (χ1n) is 10.4. The monoisotopic (exact) mass is 382 g/mol. The van der Waals surface area contributed by atoms with Crippen LogP contribution in [0.2, 0.25) is 0 Å². The summed E-state index contributed by atoms with van der Waals surface area (Å²) >= 11 is 0. The van der Waals surface area contributed by atoms with Gasteiger partial charge in [0.25, 0.3) is 0 Å². The number of aryl methyl sites for hydroxylation is 1. The van der Waals surface area contributed by atoms with Gasteiger partial charge in [-0.2, -0.15) is 0 Å². The first-order chi connectivity index (χ1) is 13.7. The van der Waals surface area contributed by atoms with Crippen LogP contribution in [-0.4, -0.2) is 36.9 Å². The average Bonchev–Trinajstić information content (AvgIpc) is 3.02. The number of aliphatic hydroxyl groups is 1. The van der Waals surface area contributed by atoms with Crippen molar-refractivity contribution in [2.45, 2.75) is 50.3 Å². The van der Waals surface area contributed by atoms with Crippen molar-refractivity contribution in [1.29, 1.82) is 0 Å². The van der Waals surface area contributed by atoms with Gasteiger partial charge in [0.05, 0.1) is 18.4 Å². The Kier molecular flexibility index (Phi) is 4.73. The number of piperidine rings is 1. The number of rotatable bonds is 3. The molecule has 0 bridgehead atoms. The molecule has 2 N–H and O–H groups in total. The van der Waals surface area contributed by atoms with Crippen LogP contribution in [0.3, 0.4) is 0 Å². The number of anilines is 1. The van der Waals surface area contributed by atoms with E-state index in [0.717, 1.165) is 62.3 Å². The quantitative estimate of drug-likeness (QED) is 0.854. The van der Waals surface area contributed by atoms with Gasteiger partial charge in [-0.15, -0.1) is 0 Å². The van der Waals surface area contributed by atoms with E-state index >= 15 is 0 Å². The van der Waals surface area contributed by atoms with E-state index in [0.29, 0.717) is 12.5 Å². The number of nitrogens with zero attached hydrogens (tertiary/aromatic N) is 1. The lowest BCUT2D eigenvalue weighted by Crippen LogP contribution is -2.47. The van der Waals surface area contributed by atoms with Gasteiger partial charge >= 0.3 is 0 Å². The molecular weight excluding hydrogens is 355 g/mol. The molecule has 0 amide bonds. The lowest BCUT2D eigenvalue weighted by Gasteiger charge is -2.37. The molecule has 1 saturated heterocycles. The summed E-state index contributed by atoms with van der Waals surface area (Å²) in [6.45, 7) is 2.76. The third-order valence-electron chi connectivity index (χ3n) is 6.44. The van der Waals surface area contributed by atoms with Gasteiger partial charge in [0.15, 0.2) is 0 Å². The fourth-order valence-electron chi connectivity index (χ4n) is 4.97. The summed E-state index contributed by atoms with van der Waals surface area (Å²) in [6, 6.07) is 11.5. The number of para-hydroxylation sites is 1. The highest BCUT2D eigenvalue weighted by molar-refractivity contribution is 5.62. The third-order valence-corrected chi connectivity index (χ3v) is 6.44. The number of halogens is 1. The molecule has 2 aromatic rings. The maximum atomic E-state index is 13.5. The van der Waals surface area contributed by atoms with Crippen LogP contribution in [0.1, 0.15) is 42.1 Å². The van der Waals surface area contributed by atoms with Gasteiger partial charge in [0, 0.05) is 25.2 Å². The van der Waals surface area contributed by atoms with E-state index in [2.05, 4.69) is 28.4 Å². The molecule has 5 rings (SSSR count). The summed E-state index contributed by atoms with van der Waals surface area (Å²) in [7, 11) is 0. The van der Waals surface area contributed by atoms with Crippen LogP contribution < -0.4 is 15.0 Å². The van der Waals surface area contributed by atoms with Crippen LogP contribution in [-0.2, 0) is 12.8 Å². The minimum absolute atomic E-state index is 0.0267. The van der Waals surface area contributed by atoms with Crippen molar-refractivity contribution in [1.82, 2.24) is 5.32 Å². The molecule has 0 aromatic heterocycles. The zero-order valence-corrected chi connectivity index (χ0v) is 16.0. The molecule has 5 heteroatoms. The summed E-state index contributed by atoms with van der Waals surface area (Å²) in [4.78, 5) is 2.43. The summed E-state index contributed by atoms with van der Waals surface area (Å²) in [5.74, 6) is 0.845. The van der Waals surface area contributed by atoms with E-state index in [1.165, 1.54) is 17.3 Å². The number of fused-ring (bicyclic) bond motifs is 2. The highest BCUT2D eigenvalue weighted by Crippen LogP contribution is 2.37. The number of ether oxygens (including phenoxy) is 1. The van der Waals surface area contributed by atoms with Crippen molar-refractivity contribution in [3.8, 4) is 5.75 Å². The Morgan fingerprint density at radius 3 is 2.82 bits per heavy atom. The Labute approximate surface area is 165 Å². The number of aliphatic hydroxyl groups excluding tert-OH is 1. The highest BCUT2D eigenvalue weighted by Gasteiger charge is 2.33. The zero-order chi connectivity index (χ0) is 19.1. The largest absolute Gasteiger partial charge is 0.491 e. The molecule has 2 unspecified atom stereocenters. The van der Waals surface area contributed by atoms with E-state index in [-0.39, 0.29) is 11.9 Å². The molecule has 0 radical (unpaired) electrons. The molecule has 148 valence electrons. The first-order valence-corrected chi connectivity index (χ1v) is 10.4. The number of hydrogen-bond acceptors (Lipinski definition) is 4. The van der Waals surface area contributed by atoms with Crippen molar-refractivity contribution in [2.24, 2.45) is 0 Å². The smallest absolute Gasteiger partial charge is 0.145 e. The fourth-order valence-corrected chi connectivity index (χ4v) is 4.97. The maximum Gasteiger partial charge on any atom is 0.145 e. The highest BCUT2D eigenvalue weighted by atomic mass is 19.1. The minimum atomic E-state index is -0.553. The van der Waals surface area contributed by atoms with Gasteiger partial charge in [0.1, 0.15) is 11.6 Å². The second kappa shape index (κ2) is 7.37. The molecule has 0 saturated carbocycles. The second-order valence-electron chi connectivity index (χ2n) is 8.24. The Morgan fingerprint density at radius 2 is 1.96 bits per heavy atom. The topological polar surface area (TPSA) is 44.7 Å². The predicted octanol–water partition coefficient (Wildman–Crippen LogP) is 3.37. The summed E-state index contributed by atoms with van der Waals surface area (Å²) in [6.07, 6.45) is 4.38. The van der Waals surface area contributed by atoms with Gasteiger partial charge in [0.2, 0.25) is 0 Å². The Morgan fingerprint density at radius 1 is 1.11 bits per heavy atom. The van der Waals surface area contributed by atoms with Crippen molar-refractivity contribution >= 4 is 5.69 Å². The lowest BCUT2D eigenvalue weighted by atomic mass is 10.00. The molecule has 2 heterocycles. The minimum Gasteiger partial charge on any atom is -0.491 e. The second-order valence-corrected chi connectivity index (χ2v) is 8.24. The van der Waals surface area contributed by atoms with E-state index < -0.39 is 6.10 Å². The standard InChI is InChI=1S/C23H27FN2O2/c24-17-6-7-19-16(13-17)14-20(22(19)27)25-18-8-10-26(11-9-18)21-5-1-3-15-4-2-12-28-23(15)21/h1,3,5-7,13,18,20,22,25,27H,2,4,8-12,14H2. The fraction of sp³-hybridized carbons (Fsp3) is 0.478. The summed E-state index contributed by atoms with van der Waals surface area (Å²) in [5, 5.41) is 14.3. The summed E-state index contributed by atoms with van der Waals surface area (Å²) in [5.41, 5.74) is 4.34. The van der Waals surface area contributed by atoms with Gasteiger partial charge in [-0.3, -0.25) is 0 Å². The van der Waals surface area contributed by atoms with Crippen molar-refractivity contribution in [3.63, 3.8) is 0 Å². The molecule has 0 spiro atoms. The summed E-state index contributed by atoms with van der Waals surface area (Å²) < 4.78 is 19.5. The number of nitrogens with one attached hydrogen (secondary N) is 1. The zero-order valence-electron chi connectivity index (χ0n) is 16.0. The van der Waals surface area contributed by atoms with E-state index in [1.807, 2.05) is 0 Å². The molecule has 1 fully saturated rings. The van der Waals surface area contributed by atoms with E-state index in [1.54, 1.807) is 12.1 Å². The number of benzene rings is 2. The van der Waals surface area contributed by atoms with Crippen LogP contribution in [0.5, 0.6) is 5.75 Å².